The molecule has 3 aromatic rings. The van der Waals surface area contributed by atoms with Gasteiger partial charge in [0.1, 0.15) is 17.9 Å². The van der Waals surface area contributed by atoms with E-state index in [2.05, 4.69) is 21.0 Å². The molecule has 0 fully saturated rings. The minimum Gasteiger partial charge on any atom is -0.292 e. The SMILES string of the molecule is Cc1nn(CC(=O)c2ccc(-c3ccc(Br)cc3)cc2)c(C)c1[N+](=O)[O-]. The van der Waals surface area contributed by atoms with Gasteiger partial charge in [-0.05, 0) is 37.1 Å². The molecule has 0 spiro atoms. The van der Waals surface area contributed by atoms with E-state index in [9.17, 15) is 14.9 Å². The molecule has 1 heterocycles. The number of rotatable bonds is 5. The molecule has 0 unspecified atom stereocenters. The summed E-state index contributed by atoms with van der Waals surface area (Å²) in [5.74, 6) is -0.146. The number of carbonyl (C=O) groups excluding carboxylic acids is 1. The Hall–Kier alpha value is -2.80. The van der Waals surface area contributed by atoms with Gasteiger partial charge < -0.3 is 0 Å². The van der Waals surface area contributed by atoms with Crippen LogP contribution in [0.1, 0.15) is 21.7 Å². The van der Waals surface area contributed by atoms with Crippen molar-refractivity contribution in [3.05, 3.63) is 80.1 Å². The fraction of sp³-hybridized carbons (Fsp3) is 0.158. The summed E-state index contributed by atoms with van der Waals surface area (Å²) in [5, 5.41) is 15.2. The predicted octanol–water partition coefficient (Wildman–Crippen LogP) is 4.72. The van der Waals surface area contributed by atoms with E-state index >= 15 is 0 Å². The largest absolute Gasteiger partial charge is 0.312 e. The zero-order valence-corrected chi connectivity index (χ0v) is 15.9. The van der Waals surface area contributed by atoms with E-state index in [1.807, 2.05) is 36.4 Å². The first-order valence-electron chi connectivity index (χ1n) is 7.94. The first kappa shape index (κ1) is 18.0. The second-order valence-electron chi connectivity index (χ2n) is 5.94. The van der Waals surface area contributed by atoms with Crippen LogP contribution in [0.15, 0.2) is 53.0 Å². The molecule has 0 N–H and O–H groups in total. The Morgan fingerprint density at radius 1 is 1.08 bits per heavy atom. The van der Waals surface area contributed by atoms with Gasteiger partial charge in [0.15, 0.2) is 5.78 Å². The summed E-state index contributed by atoms with van der Waals surface area (Å²) in [6, 6.07) is 15.2. The average molecular weight is 414 g/mol. The Labute approximate surface area is 158 Å². The molecular formula is C19H16BrN3O3. The van der Waals surface area contributed by atoms with Crippen molar-refractivity contribution in [1.29, 1.82) is 0 Å². The molecule has 0 saturated heterocycles. The highest BCUT2D eigenvalue weighted by molar-refractivity contribution is 9.10. The summed E-state index contributed by atoms with van der Waals surface area (Å²) in [7, 11) is 0. The maximum absolute atomic E-state index is 12.5. The van der Waals surface area contributed by atoms with Crippen LogP contribution in [0, 0.1) is 24.0 Å². The van der Waals surface area contributed by atoms with Gasteiger partial charge in [-0.15, -0.1) is 0 Å². The Morgan fingerprint density at radius 3 is 2.12 bits per heavy atom. The summed E-state index contributed by atoms with van der Waals surface area (Å²) >= 11 is 3.41. The lowest BCUT2D eigenvalue weighted by molar-refractivity contribution is -0.386. The first-order chi connectivity index (χ1) is 12.4. The molecule has 0 amide bonds. The standard InChI is InChI=1S/C19H16BrN3O3/c1-12-19(23(25)26)13(2)22(21-12)11-18(24)16-5-3-14(4-6-16)15-7-9-17(20)10-8-15/h3-10H,11H2,1-2H3. The third-order valence-corrected chi connectivity index (χ3v) is 4.73. The highest BCUT2D eigenvalue weighted by atomic mass is 79.9. The molecule has 0 aliphatic carbocycles. The third-order valence-electron chi connectivity index (χ3n) is 4.20. The quantitative estimate of drug-likeness (QED) is 0.344. The molecule has 132 valence electrons. The van der Waals surface area contributed by atoms with E-state index in [4.69, 9.17) is 0 Å². The van der Waals surface area contributed by atoms with Gasteiger partial charge in [0.05, 0.1) is 4.92 Å². The average Bonchev–Trinajstić information content (AvgIpc) is 2.89. The van der Waals surface area contributed by atoms with Gasteiger partial charge in [-0.2, -0.15) is 5.10 Å². The normalized spacial score (nSPS) is 10.7. The molecule has 0 aliphatic rings. The number of halogens is 1. The number of hydrogen-bond donors (Lipinski definition) is 0. The lowest BCUT2D eigenvalue weighted by Gasteiger charge is -2.06. The minimum absolute atomic E-state index is 0.0296. The number of aryl methyl sites for hydroxylation is 1. The van der Waals surface area contributed by atoms with Crippen LogP contribution in [0.25, 0.3) is 11.1 Å². The van der Waals surface area contributed by atoms with E-state index in [-0.39, 0.29) is 18.0 Å². The predicted molar refractivity (Wildman–Crippen MR) is 102 cm³/mol. The van der Waals surface area contributed by atoms with Gasteiger partial charge in [0.2, 0.25) is 0 Å². The highest BCUT2D eigenvalue weighted by Crippen LogP contribution is 2.24. The minimum atomic E-state index is -0.467. The summed E-state index contributed by atoms with van der Waals surface area (Å²) in [6.07, 6.45) is 0. The van der Waals surface area contributed by atoms with E-state index in [0.29, 0.717) is 17.0 Å². The van der Waals surface area contributed by atoms with Crippen molar-refractivity contribution in [2.24, 2.45) is 0 Å². The summed E-state index contributed by atoms with van der Waals surface area (Å²) in [4.78, 5) is 23.1. The van der Waals surface area contributed by atoms with Crippen molar-refractivity contribution in [3.8, 4) is 11.1 Å². The summed E-state index contributed by atoms with van der Waals surface area (Å²) in [6.45, 7) is 3.14. The highest BCUT2D eigenvalue weighted by Gasteiger charge is 2.23. The Balaban J connectivity index is 1.80. The van der Waals surface area contributed by atoms with Crippen molar-refractivity contribution < 1.29 is 9.72 Å². The number of nitro groups is 1. The van der Waals surface area contributed by atoms with Crippen LogP contribution in [0.2, 0.25) is 0 Å². The smallest absolute Gasteiger partial charge is 0.292 e. The van der Waals surface area contributed by atoms with Gasteiger partial charge in [0.25, 0.3) is 0 Å². The topological polar surface area (TPSA) is 78.0 Å². The van der Waals surface area contributed by atoms with Crippen LogP contribution in [-0.2, 0) is 6.54 Å². The molecule has 1 aromatic heterocycles. The van der Waals surface area contributed by atoms with E-state index in [0.717, 1.165) is 15.6 Å². The fourth-order valence-electron chi connectivity index (χ4n) is 2.82. The number of nitrogens with zero attached hydrogens (tertiary/aromatic N) is 3. The number of carbonyl (C=O) groups is 1. The van der Waals surface area contributed by atoms with E-state index < -0.39 is 4.92 Å². The van der Waals surface area contributed by atoms with Crippen molar-refractivity contribution in [2.75, 3.05) is 0 Å². The van der Waals surface area contributed by atoms with Crippen LogP contribution in [0.4, 0.5) is 5.69 Å². The van der Waals surface area contributed by atoms with Crippen molar-refractivity contribution in [1.82, 2.24) is 9.78 Å². The molecule has 0 radical (unpaired) electrons. The van der Waals surface area contributed by atoms with Crippen LogP contribution in [0.5, 0.6) is 0 Å². The molecule has 2 aromatic carbocycles. The fourth-order valence-corrected chi connectivity index (χ4v) is 3.09. The van der Waals surface area contributed by atoms with Crippen LogP contribution >= 0.6 is 15.9 Å². The molecule has 3 rings (SSSR count). The molecule has 26 heavy (non-hydrogen) atoms. The molecule has 7 heteroatoms. The Morgan fingerprint density at radius 2 is 1.62 bits per heavy atom. The van der Waals surface area contributed by atoms with Gasteiger partial charge >= 0.3 is 5.69 Å². The second kappa shape index (κ2) is 7.21. The Bertz CT molecular complexity index is 977. The van der Waals surface area contributed by atoms with Gasteiger partial charge in [-0.25, -0.2) is 0 Å². The van der Waals surface area contributed by atoms with Crippen molar-refractivity contribution in [2.45, 2.75) is 20.4 Å². The van der Waals surface area contributed by atoms with Crippen LogP contribution in [0.3, 0.4) is 0 Å². The monoisotopic (exact) mass is 413 g/mol. The number of Topliss-reactive ketones (excluding diaryl/α,β-unsaturated/α-hetero) is 1. The summed E-state index contributed by atoms with van der Waals surface area (Å²) in [5.41, 5.74) is 3.26. The third kappa shape index (κ3) is 3.57. The molecular weight excluding hydrogens is 398 g/mol. The zero-order valence-electron chi connectivity index (χ0n) is 14.3. The summed E-state index contributed by atoms with van der Waals surface area (Å²) < 4.78 is 2.39. The number of aromatic nitrogens is 2. The molecule has 0 saturated carbocycles. The maximum Gasteiger partial charge on any atom is 0.312 e. The van der Waals surface area contributed by atoms with E-state index in [1.54, 1.807) is 26.0 Å². The first-order valence-corrected chi connectivity index (χ1v) is 8.73. The number of benzene rings is 2. The second-order valence-corrected chi connectivity index (χ2v) is 6.86. The number of hydrogen-bond acceptors (Lipinski definition) is 4. The van der Waals surface area contributed by atoms with Crippen molar-refractivity contribution >= 4 is 27.4 Å². The molecule has 0 atom stereocenters. The van der Waals surface area contributed by atoms with Gasteiger partial charge in [-0.1, -0.05) is 52.3 Å². The molecule has 6 nitrogen and oxygen atoms in total. The van der Waals surface area contributed by atoms with Crippen LogP contribution < -0.4 is 0 Å². The maximum atomic E-state index is 12.5. The van der Waals surface area contributed by atoms with Gasteiger partial charge in [-0.3, -0.25) is 19.6 Å². The Kier molecular flexibility index (Phi) is 4.99. The zero-order chi connectivity index (χ0) is 18.8. The molecule has 0 bridgehead atoms. The molecule has 0 aliphatic heterocycles. The van der Waals surface area contributed by atoms with Crippen LogP contribution in [-0.4, -0.2) is 20.5 Å². The van der Waals surface area contributed by atoms with Crippen molar-refractivity contribution in [3.63, 3.8) is 0 Å². The lowest BCUT2D eigenvalue weighted by Crippen LogP contribution is -2.13. The lowest BCUT2D eigenvalue weighted by atomic mass is 10.0. The van der Waals surface area contributed by atoms with Gasteiger partial charge in [0, 0.05) is 10.0 Å². The number of ketones is 1. The van der Waals surface area contributed by atoms with E-state index in [1.165, 1.54) is 4.68 Å².